The van der Waals surface area contributed by atoms with Crippen LogP contribution in [0.5, 0.6) is 0 Å². The lowest BCUT2D eigenvalue weighted by molar-refractivity contribution is -0.168. The van der Waals surface area contributed by atoms with Crippen molar-refractivity contribution < 1.29 is 14.6 Å². The molecule has 88 valence electrons. The van der Waals surface area contributed by atoms with E-state index in [1.54, 1.807) is 38.1 Å². The molecule has 1 aromatic rings. The largest absolute Gasteiger partial charge is 0.430 e. The number of nitrogens with two attached hydrogens (primary N) is 1. The van der Waals surface area contributed by atoms with Crippen LogP contribution in [0.15, 0.2) is 24.3 Å². The Labute approximate surface area is 95.0 Å². The fourth-order valence-electron chi connectivity index (χ4n) is 1.30. The van der Waals surface area contributed by atoms with E-state index < -0.39 is 11.8 Å². The molecule has 4 nitrogen and oxygen atoms in total. The zero-order valence-corrected chi connectivity index (χ0v) is 9.56. The molecule has 0 aliphatic heterocycles. The quantitative estimate of drug-likeness (QED) is 0.465. The van der Waals surface area contributed by atoms with Crippen molar-refractivity contribution in [2.45, 2.75) is 32.5 Å². The van der Waals surface area contributed by atoms with Crippen molar-refractivity contribution in [1.82, 2.24) is 0 Å². The summed E-state index contributed by atoms with van der Waals surface area (Å²) >= 11 is 0. The normalized spacial score (nSPS) is 11.2. The van der Waals surface area contributed by atoms with E-state index in [0.717, 1.165) is 0 Å². The molecule has 0 aliphatic rings. The molecule has 4 heteroatoms. The molecule has 1 aromatic carbocycles. The Balaban J connectivity index is 2.84. The average Bonchev–Trinajstić information content (AvgIpc) is 2.29. The van der Waals surface area contributed by atoms with Gasteiger partial charge in [-0.3, -0.25) is 0 Å². The Morgan fingerprint density at radius 1 is 1.38 bits per heavy atom. The molecule has 16 heavy (non-hydrogen) atoms. The minimum Gasteiger partial charge on any atom is -0.430 e. The maximum absolute atomic E-state index is 11.7. The second-order valence-corrected chi connectivity index (χ2v) is 3.63. The molecule has 1 rings (SSSR count). The van der Waals surface area contributed by atoms with Crippen LogP contribution in [0.3, 0.4) is 0 Å². The first kappa shape index (κ1) is 12.5. The molecule has 0 saturated heterocycles. The third-order valence-electron chi connectivity index (χ3n) is 2.57. The van der Waals surface area contributed by atoms with Crippen LogP contribution in [0, 0.1) is 0 Å². The maximum Gasteiger partial charge on any atom is 0.342 e. The predicted molar refractivity (Wildman–Crippen MR) is 61.8 cm³/mol. The van der Waals surface area contributed by atoms with Gasteiger partial charge in [0.05, 0.1) is 5.56 Å². The van der Waals surface area contributed by atoms with E-state index in [-0.39, 0.29) is 5.56 Å². The second-order valence-electron chi connectivity index (χ2n) is 3.63. The number of rotatable bonds is 4. The fourth-order valence-corrected chi connectivity index (χ4v) is 1.30. The minimum atomic E-state index is -1.40. The Hall–Kier alpha value is -1.55. The van der Waals surface area contributed by atoms with Gasteiger partial charge < -0.3 is 15.6 Å². The second kappa shape index (κ2) is 4.99. The van der Waals surface area contributed by atoms with E-state index in [0.29, 0.717) is 18.5 Å². The van der Waals surface area contributed by atoms with E-state index in [9.17, 15) is 9.90 Å². The minimum absolute atomic E-state index is 0.280. The van der Waals surface area contributed by atoms with Crippen LogP contribution >= 0.6 is 0 Å². The number of ether oxygens (including phenoxy) is 1. The Kier molecular flexibility index (Phi) is 3.90. The van der Waals surface area contributed by atoms with Gasteiger partial charge in [-0.05, 0) is 12.1 Å². The highest BCUT2D eigenvalue weighted by atomic mass is 16.7. The van der Waals surface area contributed by atoms with Crippen LogP contribution < -0.4 is 5.73 Å². The number of anilines is 1. The van der Waals surface area contributed by atoms with Crippen molar-refractivity contribution in [2.24, 2.45) is 0 Å². The summed E-state index contributed by atoms with van der Waals surface area (Å²) in [6, 6.07) is 6.62. The van der Waals surface area contributed by atoms with Gasteiger partial charge in [-0.25, -0.2) is 4.79 Å². The Morgan fingerprint density at radius 2 is 1.94 bits per heavy atom. The molecule has 0 radical (unpaired) electrons. The third kappa shape index (κ3) is 2.73. The predicted octanol–water partition coefficient (Wildman–Crippen LogP) is 1.93. The van der Waals surface area contributed by atoms with Crippen molar-refractivity contribution in [3.63, 3.8) is 0 Å². The number of benzene rings is 1. The smallest absolute Gasteiger partial charge is 0.342 e. The molecule has 0 aliphatic carbocycles. The summed E-state index contributed by atoms with van der Waals surface area (Å²) in [6.07, 6.45) is 0.698. The molecule has 0 spiro atoms. The Morgan fingerprint density at radius 3 is 2.44 bits per heavy atom. The molecule has 0 heterocycles. The van der Waals surface area contributed by atoms with E-state index >= 15 is 0 Å². The van der Waals surface area contributed by atoms with Gasteiger partial charge in [0.15, 0.2) is 0 Å². The van der Waals surface area contributed by atoms with Gasteiger partial charge in [-0.15, -0.1) is 0 Å². The number of esters is 1. The lowest BCUT2D eigenvalue weighted by Crippen LogP contribution is -2.33. The molecule has 0 atom stereocenters. The van der Waals surface area contributed by atoms with E-state index in [1.807, 2.05) is 0 Å². The van der Waals surface area contributed by atoms with Crippen molar-refractivity contribution in [1.29, 1.82) is 0 Å². The molecule has 0 aromatic heterocycles. The summed E-state index contributed by atoms with van der Waals surface area (Å²) in [5, 5.41) is 9.87. The van der Waals surface area contributed by atoms with E-state index in [4.69, 9.17) is 10.5 Å². The van der Waals surface area contributed by atoms with Gasteiger partial charge >= 0.3 is 5.97 Å². The zero-order chi connectivity index (χ0) is 12.2. The van der Waals surface area contributed by atoms with E-state index in [2.05, 4.69) is 0 Å². The SMILES string of the molecule is CCC(O)(CC)OC(=O)c1ccccc1N. The molecular weight excluding hydrogens is 206 g/mol. The summed E-state index contributed by atoms with van der Waals surface area (Å²) in [4.78, 5) is 11.7. The van der Waals surface area contributed by atoms with E-state index in [1.165, 1.54) is 0 Å². The van der Waals surface area contributed by atoms with Crippen molar-refractivity contribution in [2.75, 3.05) is 5.73 Å². The fraction of sp³-hybridized carbons (Fsp3) is 0.417. The molecule has 0 amide bonds. The van der Waals surface area contributed by atoms with Gasteiger partial charge in [0.2, 0.25) is 5.79 Å². The van der Waals surface area contributed by atoms with Gasteiger partial charge in [0.1, 0.15) is 0 Å². The molecule has 3 N–H and O–H groups in total. The highest BCUT2D eigenvalue weighted by molar-refractivity contribution is 5.95. The summed E-state index contributed by atoms with van der Waals surface area (Å²) in [6.45, 7) is 3.51. The number of para-hydroxylation sites is 1. The van der Waals surface area contributed by atoms with Crippen LogP contribution in [0.2, 0.25) is 0 Å². The van der Waals surface area contributed by atoms with Crippen molar-refractivity contribution >= 4 is 11.7 Å². The molecule has 0 unspecified atom stereocenters. The van der Waals surface area contributed by atoms with Gasteiger partial charge in [0, 0.05) is 18.5 Å². The maximum atomic E-state index is 11.7. The number of nitrogen functional groups attached to an aromatic ring is 1. The monoisotopic (exact) mass is 223 g/mol. The molecule has 0 bridgehead atoms. The molecule has 0 saturated carbocycles. The highest BCUT2D eigenvalue weighted by Gasteiger charge is 2.28. The van der Waals surface area contributed by atoms with Crippen LogP contribution in [0.4, 0.5) is 5.69 Å². The topological polar surface area (TPSA) is 72.5 Å². The number of hydrogen-bond donors (Lipinski definition) is 2. The summed E-state index contributed by atoms with van der Waals surface area (Å²) in [7, 11) is 0. The van der Waals surface area contributed by atoms with Crippen molar-refractivity contribution in [3.05, 3.63) is 29.8 Å². The lowest BCUT2D eigenvalue weighted by atomic mass is 10.1. The summed E-state index contributed by atoms with van der Waals surface area (Å²) in [5.74, 6) is -2.00. The van der Waals surface area contributed by atoms with Gasteiger partial charge in [-0.2, -0.15) is 0 Å². The Bertz CT molecular complexity index is 372. The number of carbonyl (C=O) groups excluding carboxylic acids is 1. The molecular formula is C12H17NO3. The average molecular weight is 223 g/mol. The van der Waals surface area contributed by atoms with Gasteiger partial charge in [-0.1, -0.05) is 26.0 Å². The summed E-state index contributed by atoms with van der Waals surface area (Å²) < 4.78 is 5.04. The third-order valence-corrected chi connectivity index (χ3v) is 2.57. The lowest BCUT2D eigenvalue weighted by Gasteiger charge is -2.25. The summed E-state index contributed by atoms with van der Waals surface area (Å²) in [5.41, 5.74) is 6.27. The first-order chi connectivity index (χ1) is 7.52. The number of carbonyl (C=O) groups is 1. The number of aliphatic hydroxyl groups is 1. The first-order valence-corrected chi connectivity index (χ1v) is 5.32. The molecule has 0 fully saturated rings. The highest BCUT2D eigenvalue weighted by Crippen LogP contribution is 2.20. The van der Waals surface area contributed by atoms with Crippen LogP contribution in [0.1, 0.15) is 37.0 Å². The first-order valence-electron chi connectivity index (χ1n) is 5.32. The van der Waals surface area contributed by atoms with Gasteiger partial charge in [0.25, 0.3) is 0 Å². The number of hydrogen-bond acceptors (Lipinski definition) is 4. The van der Waals surface area contributed by atoms with Crippen molar-refractivity contribution in [3.8, 4) is 0 Å². The zero-order valence-electron chi connectivity index (χ0n) is 9.56. The van der Waals surface area contributed by atoms with Crippen LogP contribution in [0.25, 0.3) is 0 Å². The van der Waals surface area contributed by atoms with Crippen LogP contribution in [-0.2, 0) is 4.74 Å². The van der Waals surface area contributed by atoms with Crippen LogP contribution in [-0.4, -0.2) is 16.9 Å². The standard InChI is InChI=1S/C12H17NO3/c1-3-12(15,4-2)16-11(14)9-7-5-6-8-10(9)13/h5-8,15H,3-4,13H2,1-2H3.